The molecular weight excluding hydrogens is 446 g/mol. The van der Waals surface area contributed by atoms with Gasteiger partial charge in [0.05, 0.1) is 12.1 Å². The summed E-state index contributed by atoms with van der Waals surface area (Å²) in [5.74, 6) is 0.0731. The van der Waals surface area contributed by atoms with Gasteiger partial charge in [-0.2, -0.15) is 5.10 Å². The van der Waals surface area contributed by atoms with Gasteiger partial charge >= 0.3 is 5.97 Å². The zero-order chi connectivity index (χ0) is 23.2. The lowest BCUT2D eigenvalue weighted by Gasteiger charge is -2.09. The number of hydrogen-bond acceptors (Lipinski definition) is 7. The first-order valence-electron chi connectivity index (χ1n) is 10.3. The maximum absolute atomic E-state index is 12.0. The molecule has 0 bridgehead atoms. The molecule has 0 spiro atoms. The van der Waals surface area contributed by atoms with Crippen LogP contribution >= 0.6 is 11.6 Å². The predicted molar refractivity (Wildman–Crippen MR) is 123 cm³/mol. The van der Waals surface area contributed by atoms with Crippen LogP contribution < -0.4 is 5.32 Å². The molecule has 4 rings (SSSR count). The van der Waals surface area contributed by atoms with Crippen LogP contribution in [-0.4, -0.2) is 45.1 Å². The van der Waals surface area contributed by atoms with E-state index in [1.807, 2.05) is 37.3 Å². The Morgan fingerprint density at radius 2 is 1.82 bits per heavy atom. The smallest absolute Gasteiger partial charge is 0.308 e. The summed E-state index contributed by atoms with van der Waals surface area (Å²) in [7, 11) is 0. The number of nitrogens with one attached hydrogen (secondary N) is 2. The molecule has 0 aliphatic heterocycles. The third-order valence-electron chi connectivity index (χ3n) is 4.89. The Labute approximate surface area is 194 Å². The van der Waals surface area contributed by atoms with Gasteiger partial charge in [0.15, 0.2) is 24.0 Å². The van der Waals surface area contributed by atoms with Gasteiger partial charge in [0.2, 0.25) is 0 Å². The second-order valence-corrected chi connectivity index (χ2v) is 7.62. The van der Waals surface area contributed by atoms with Gasteiger partial charge in [-0.3, -0.25) is 9.59 Å². The average molecular weight is 468 g/mol. The van der Waals surface area contributed by atoms with E-state index in [1.165, 1.54) is 4.63 Å². The summed E-state index contributed by atoms with van der Waals surface area (Å²) in [5.41, 5.74) is 3.65. The number of anilines is 1. The Morgan fingerprint density at radius 3 is 2.55 bits per heavy atom. The number of esters is 1. The Hall–Kier alpha value is -3.69. The molecule has 0 saturated heterocycles. The number of ether oxygens (including phenoxy) is 2. The summed E-state index contributed by atoms with van der Waals surface area (Å²) in [6.45, 7) is 1.77. The number of rotatable bonds is 10. The number of aromatic amines is 1. The number of H-pyrrole nitrogens is 1. The monoisotopic (exact) mass is 467 g/mol. The lowest BCUT2D eigenvalue weighted by atomic mass is 10.1. The highest BCUT2D eigenvalue weighted by Gasteiger charge is 2.13. The number of ketones is 1. The van der Waals surface area contributed by atoms with Gasteiger partial charge < -0.3 is 19.8 Å². The number of hydrogen-bond donors (Lipinski definition) is 2. The largest absolute Gasteiger partial charge is 0.438 e. The van der Waals surface area contributed by atoms with Gasteiger partial charge in [0.25, 0.3) is 0 Å². The number of benzene rings is 2. The van der Waals surface area contributed by atoms with E-state index in [9.17, 15) is 9.59 Å². The molecular formula is C23H22ClN5O4. The molecule has 2 heterocycles. The Balaban J connectivity index is 1.16. The summed E-state index contributed by atoms with van der Waals surface area (Å²) < 4.78 is 11.8. The lowest BCUT2D eigenvalue weighted by Crippen LogP contribution is -2.13. The van der Waals surface area contributed by atoms with Crippen molar-refractivity contribution in [2.24, 2.45) is 0 Å². The van der Waals surface area contributed by atoms with Crippen LogP contribution in [-0.2, 0) is 14.3 Å². The first-order valence-corrected chi connectivity index (χ1v) is 10.7. The number of aryl methyl sites for hydroxylation is 1. The molecule has 33 heavy (non-hydrogen) atoms. The Kier molecular flexibility index (Phi) is 7.01. The number of nitrogens with zero attached hydrogens (tertiary/aromatic N) is 3. The van der Waals surface area contributed by atoms with Crippen molar-refractivity contribution in [1.82, 2.24) is 19.8 Å². The molecule has 0 amide bonds. The second-order valence-electron chi connectivity index (χ2n) is 7.24. The van der Waals surface area contributed by atoms with Crippen molar-refractivity contribution >= 4 is 34.7 Å². The molecule has 0 aliphatic carbocycles. The fourth-order valence-electron chi connectivity index (χ4n) is 3.12. The minimum absolute atomic E-state index is 0.00826. The van der Waals surface area contributed by atoms with E-state index in [2.05, 4.69) is 20.5 Å². The van der Waals surface area contributed by atoms with Crippen molar-refractivity contribution in [3.63, 3.8) is 0 Å². The van der Waals surface area contributed by atoms with Crippen LogP contribution in [0.15, 0.2) is 54.6 Å². The van der Waals surface area contributed by atoms with Crippen molar-refractivity contribution < 1.29 is 19.1 Å². The zero-order valence-corrected chi connectivity index (χ0v) is 18.6. The van der Waals surface area contributed by atoms with Gasteiger partial charge in [0, 0.05) is 23.2 Å². The maximum Gasteiger partial charge on any atom is 0.308 e. The molecule has 0 atom stereocenters. The highest BCUT2D eigenvalue weighted by Crippen LogP contribution is 2.24. The fourth-order valence-corrected chi connectivity index (χ4v) is 3.28. The SMILES string of the molecule is Cc1nn2nc(-c3ccc(NCOCOC(=O)CCC(=O)c4ccccc4)cc3)[nH]c2c1Cl. The van der Waals surface area contributed by atoms with Crippen molar-refractivity contribution in [3.05, 3.63) is 70.9 Å². The number of aromatic nitrogens is 4. The van der Waals surface area contributed by atoms with E-state index in [1.54, 1.807) is 24.3 Å². The predicted octanol–water partition coefficient (Wildman–Crippen LogP) is 4.24. The molecule has 2 aromatic carbocycles. The van der Waals surface area contributed by atoms with Crippen LogP contribution in [0.25, 0.3) is 17.0 Å². The number of fused-ring (bicyclic) bond motifs is 1. The quantitative estimate of drug-likeness (QED) is 0.155. The van der Waals surface area contributed by atoms with Gasteiger partial charge in [-0.15, -0.1) is 9.73 Å². The van der Waals surface area contributed by atoms with E-state index in [0.717, 1.165) is 11.3 Å². The third kappa shape index (κ3) is 5.57. The highest BCUT2D eigenvalue weighted by atomic mass is 35.5. The van der Waals surface area contributed by atoms with Crippen molar-refractivity contribution in [3.8, 4) is 11.4 Å². The molecule has 9 nitrogen and oxygen atoms in total. The van der Waals surface area contributed by atoms with Gasteiger partial charge in [0.1, 0.15) is 11.8 Å². The maximum atomic E-state index is 12.0. The third-order valence-corrected chi connectivity index (χ3v) is 5.35. The first-order chi connectivity index (χ1) is 16.0. The summed E-state index contributed by atoms with van der Waals surface area (Å²) in [6.07, 6.45) is 0.106. The number of halogens is 1. The lowest BCUT2D eigenvalue weighted by molar-refractivity contribution is -0.155. The molecule has 0 radical (unpaired) electrons. The van der Waals surface area contributed by atoms with E-state index in [4.69, 9.17) is 21.1 Å². The van der Waals surface area contributed by atoms with E-state index in [-0.39, 0.29) is 32.1 Å². The van der Waals surface area contributed by atoms with Crippen LogP contribution in [0, 0.1) is 6.92 Å². The molecule has 170 valence electrons. The van der Waals surface area contributed by atoms with Crippen molar-refractivity contribution in [2.45, 2.75) is 19.8 Å². The van der Waals surface area contributed by atoms with Crippen molar-refractivity contribution in [1.29, 1.82) is 0 Å². The zero-order valence-electron chi connectivity index (χ0n) is 17.9. The van der Waals surface area contributed by atoms with Crippen LogP contribution in [0.5, 0.6) is 0 Å². The fraction of sp³-hybridized carbons (Fsp3) is 0.217. The summed E-state index contributed by atoms with van der Waals surface area (Å²) in [6, 6.07) is 16.4. The van der Waals surface area contributed by atoms with Crippen LogP contribution in [0.3, 0.4) is 0 Å². The minimum Gasteiger partial charge on any atom is -0.438 e. The van der Waals surface area contributed by atoms with Crippen LogP contribution in [0.1, 0.15) is 28.9 Å². The average Bonchev–Trinajstić information content (AvgIpc) is 3.37. The number of Topliss-reactive ketones (excluding diaryl/α,β-unsaturated/α-hetero) is 1. The van der Waals surface area contributed by atoms with Crippen LogP contribution in [0.4, 0.5) is 5.69 Å². The van der Waals surface area contributed by atoms with E-state index >= 15 is 0 Å². The minimum atomic E-state index is -0.483. The number of carbonyl (C=O) groups excluding carboxylic acids is 2. The van der Waals surface area contributed by atoms with Gasteiger partial charge in [-0.1, -0.05) is 41.9 Å². The molecule has 0 aliphatic rings. The molecule has 2 aromatic heterocycles. The Morgan fingerprint density at radius 1 is 1.06 bits per heavy atom. The first kappa shape index (κ1) is 22.5. The summed E-state index contributed by atoms with van der Waals surface area (Å²) in [5, 5.41) is 12.3. The molecule has 2 N–H and O–H groups in total. The normalized spacial score (nSPS) is 11.0. The molecule has 0 fully saturated rings. The summed E-state index contributed by atoms with van der Waals surface area (Å²) in [4.78, 5) is 26.9. The van der Waals surface area contributed by atoms with Gasteiger partial charge in [-0.05, 0) is 31.2 Å². The highest BCUT2D eigenvalue weighted by molar-refractivity contribution is 6.34. The standard InChI is InChI=1S/C23H22ClN5O4/c1-15-21(24)23-26-22(28-29(23)27-15)17-7-9-18(10-8-17)25-13-32-14-33-20(31)12-11-19(30)16-5-3-2-4-6-16/h2-10,25H,11-14H2,1H3,(H,26,28). The molecule has 0 saturated carbocycles. The topological polar surface area (TPSA) is 111 Å². The van der Waals surface area contributed by atoms with E-state index in [0.29, 0.717) is 27.8 Å². The van der Waals surface area contributed by atoms with Gasteiger partial charge in [-0.25, -0.2) is 0 Å². The molecule has 0 unspecified atom stereocenters. The van der Waals surface area contributed by atoms with Crippen LogP contribution in [0.2, 0.25) is 5.02 Å². The Bertz CT molecular complexity index is 1250. The molecule has 10 heteroatoms. The summed E-state index contributed by atoms with van der Waals surface area (Å²) >= 11 is 6.20. The second kappa shape index (κ2) is 10.3. The van der Waals surface area contributed by atoms with Crippen molar-refractivity contribution in [2.75, 3.05) is 18.8 Å². The van der Waals surface area contributed by atoms with E-state index < -0.39 is 5.97 Å². The molecule has 4 aromatic rings. The number of carbonyl (C=O) groups is 2.